The minimum Gasteiger partial charge on any atom is -0.480 e. The molecule has 1 aliphatic carbocycles. The summed E-state index contributed by atoms with van der Waals surface area (Å²) in [6.07, 6.45) is 6.68. The van der Waals surface area contributed by atoms with Gasteiger partial charge in [-0.25, -0.2) is 4.79 Å². The van der Waals surface area contributed by atoms with Crippen LogP contribution in [0.4, 0.5) is 0 Å². The van der Waals surface area contributed by atoms with Gasteiger partial charge in [0.15, 0.2) is 0 Å². The van der Waals surface area contributed by atoms with Gasteiger partial charge in [-0.05, 0) is 38.0 Å². The standard InChI is InChI=1S/C15H23NO4/c17-14(11-5-3-7-20-9-11)16-12-6-2-1-4-10(12)8-13(16)15(18)19/h10-13H,1-9H2,(H,18,19)/t10-,11-,12+,13-/m0/s1. The Balaban J connectivity index is 1.79. The molecule has 1 amide bonds. The van der Waals surface area contributed by atoms with E-state index in [2.05, 4.69) is 0 Å². The van der Waals surface area contributed by atoms with Crippen LogP contribution in [0.15, 0.2) is 0 Å². The van der Waals surface area contributed by atoms with Gasteiger partial charge in [-0.1, -0.05) is 12.8 Å². The predicted octanol–water partition coefficient (Wildman–Crippen LogP) is 1.66. The first-order valence-electron chi connectivity index (χ1n) is 7.81. The molecule has 3 fully saturated rings. The van der Waals surface area contributed by atoms with Gasteiger partial charge < -0.3 is 14.7 Å². The van der Waals surface area contributed by atoms with Crippen LogP contribution in [0.25, 0.3) is 0 Å². The van der Waals surface area contributed by atoms with E-state index in [0.29, 0.717) is 18.9 Å². The number of ether oxygens (including phenoxy) is 1. The fourth-order valence-corrected chi connectivity index (χ4v) is 4.14. The number of carbonyl (C=O) groups excluding carboxylic acids is 1. The number of hydrogen-bond acceptors (Lipinski definition) is 3. The van der Waals surface area contributed by atoms with Crippen molar-refractivity contribution < 1.29 is 19.4 Å². The van der Waals surface area contributed by atoms with Gasteiger partial charge in [0.05, 0.1) is 12.5 Å². The molecule has 112 valence electrons. The summed E-state index contributed by atoms with van der Waals surface area (Å²) >= 11 is 0. The van der Waals surface area contributed by atoms with Crippen molar-refractivity contribution in [1.29, 1.82) is 0 Å². The second kappa shape index (κ2) is 5.72. The van der Waals surface area contributed by atoms with Crippen LogP contribution in [0.1, 0.15) is 44.9 Å². The molecule has 3 aliphatic rings. The van der Waals surface area contributed by atoms with Crippen molar-refractivity contribution in [2.45, 2.75) is 57.0 Å². The lowest BCUT2D eigenvalue weighted by molar-refractivity contribution is -0.154. The van der Waals surface area contributed by atoms with Gasteiger partial charge in [0.2, 0.25) is 5.91 Å². The maximum atomic E-state index is 12.8. The predicted molar refractivity (Wildman–Crippen MR) is 72.2 cm³/mol. The number of carboxylic acids is 1. The van der Waals surface area contributed by atoms with E-state index in [0.717, 1.165) is 38.7 Å². The smallest absolute Gasteiger partial charge is 0.326 e. The number of nitrogens with zero attached hydrogens (tertiary/aromatic N) is 1. The van der Waals surface area contributed by atoms with Crippen molar-refractivity contribution in [2.75, 3.05) is 13.2 Å². The molecule has 3 rings (SSSR count). The summed E-state index contributed by atoms with van der Waals surface area (Å²) in [4.78, 5) is 26.0. The second-order valence-corrected chi connectivity index (χ2v) is 6.36. The largest absolute Gasteiger partial charge is 0.480 e. The van der Waals surface area contributed by atoms with E-state index in [9.17, 15) is 14.7 Å². The third-order valence-electron chi connectivity index (χ3n) is 5.14. The first-order valence-corrected chi connectivity index (χ1v) is 7.81. The van der Waals surface area contributed by atoms with Gasteiger partial charge in [0, 0.05) is 12.6 Å². The Hall–Kier alpha value is -1.10. The lowest BCUT2D eigenvalue weighted by atomic mass is 9.84. The van der Waals surface area contributed by atoms with E-state index in [1.165, 1.54) is 6.42 Å². The normalized spacial score (nSPS) is 37.5. The molecule has 0 aromatic rings. The first-order chi connectivity index (χ1) is 9.68. The molecule has 0 unspecified atom stereocenters. The lowest BCUT2D eigenvalue weighted by Gasteiger charge is -2.36. The lowest BCUT2D eigenvalue weighted by Crippen LogP contribution is -2.50. The zero-order valence-corrected chi connectivity index (χ0v) is 11.8. The molecular formula is C15H23NO4. The maximum Gasteiger partial charge on any atom is 0.326 e. The summed E-state index contributed by atoms with van der Waals surface area (Å²) in [7, 11) is 0. The van der Waals surface area contributed by atoms with Crippen molar-refractivity contribution in [3.8, 4) is 0 Å². The molecule has 2 saturated heterocycles. The Morgan fingerprint density at radius 3 is 2.60 bits per heavy atom. The molecule has 0 aromatic carbocycles. The molecule has 1 saturated carbocycles. The third kappa shape index (κ3) is 2.43. The monoisotopic (exact) mass is 281 g/mol. The van der Waals surface area contributed by atoms with Crippen LogP contribution >= 0.6 is 0 Å². The number of hydrogen-bond donors (Lipinski definition) is 1. The third-order valence-corrected chi connectivity index (χ3v) is 5.14. The molecular weight excluding hydrogens is 258 g/mol. The highest BCUT2D eigenvalue weighted by Crippen LogP contribution is 2.41. The van der Waals surface area contributed by atoms with E-state index in [1.807, 2.05) is 0 Å². The summed E-state index contributed by atoms with van der Waals surface area (Å²) in [6.45, 7) is 1.18. The van der Waals surface area contributed by atoms with Gasteiger partial charge in [0.25, 0.3) is 0 Å². The Morgan fingerprint density at radius 1 is 1.10 bits per heavy atom. The van der Waals surface area contributed by atoms with Crippen LogP contribution in [-0.2, 0) is 14.3 Å². The fraction of sp³-hybridized carbons (Fsp3) is 0.867. The number of aliphatic carboxylic acids is 1. The summed E-state index contributed by atoms with van der Waals surface area (Å²) in [6, 6.07) is -0.461. The Labute approximate surface area is 119 Å². The summed E-state index contributed by atoms with van der Waals surface area (Å²) < 4.78 is 5.40. The molecule has 0 aromatic heterocycles. The van der Waals surface area contributed by atoms with Crippen LogP contribution in [0.3, 0.4) is 0 Å². The highest BCUT2D eigenvalue weighted by Gasteiger charge is 2.48. The van der Waals surface area contributed by atoms with E-state index >= 15 is 0 Å². The molecule has 1 N–H and O–H groups in total. The van der Waals surface area contributed by atoms with Crippen molar-refractivity contribution >= 4 is 11.9 Å². The molecule has 0 radical (unpaired) electrons. The average Bonchev–Trinajstić information content (AvgIpc) is 2.87. The number of likely N-dealkylation sites (tertiary alicyclic amines) is 1. The minimum absolute atomic E-state index is 0.0199. The quantitative estimate of drug-likeness (QED) is 0.836. The summed E-state index contributed by atoms with van der Waals surface area (Å²) in [5.41, 5.74) is 0. The first kappa shape index (κ1) is 13.9. The topological polar surface area (TPSA) is 66.8 Å². The van der Waals surface area contributed by atoms with Crippen LogP contribution in [0.2, 0.25) is 0 Å². The number of carbonyl (C=O) groups is 2. The second-order valence-electron chi connectivity index (χ2n) is 6.36. The van der Waals surface area contributed by atoms with E-state index in [1.54, 1.807) is 4.90 Å². The number of amides is 1. The molecule has 2 heterocycles. The summed E-state index contributed by atoms with van der Waals surface area (Å²) in [5, 5.41) is 9.45. The van der Waals surface area contributed by atoms with Crippen LogP contribution in [-0.4, -0.2) is 47.2 Å². The average molecular weight is 281 g/mol. The highest BCUT2D eigenvalue weighted by molar-refractivity contribution is 5.86. The van der Waals surface area contributed by atoms with Crippen LogP contribution in [0, 0.1) is 11.8 Å². The van der Waals surface area contributed by atoms with Crippen molar-refractivity contribution in [3.63, 3.8) is 0 Å². The van der Waals surface area contributed by atoms with E-state index < -0.39 is 12.0 Å². The van der Waals surface area contributed by atoms with Crippen LogP contribution < -0.4 is 0 Å². The fourth-order valence-electron chi connectivity index (χ4n) is 4.14. The maximum absolute atomic E-state index is 12.8. The van der Waals surface area contributed by atoms with Gasteiger partial charge in [-0.15, -0.1) is 0 Å². The molecule has 0 bridgehead atoms. The Morgan fingerprint density at radius 2 is 1.90 bits per heavy atom. The molecule has 5 nitrogen and oxygen atoms in total. The van der Waals surface area contributed by atoms with Gasteiger partial charge in [0.1, 0.15) is 6.04 Å². The van der Waals surface area contributed by atoms with Gasteiger partial charge >= 0.3 is 5.97 Å². The van der Waals surface area contributed by atoms with Crippen molar-refractivity contribution in [1.82, 2.24) is 4.90 Å². The summed E-state index contributed by atoms with van der Waals surface area (Å²) in [5.74, 6) is -0.569. The molecule has 20 heavy (non-hydrogen) atoms. The van der Waals surface area contributed by atoms with E-state index in [-0.39, 0.29) is 17.9 Å². The van der Waals surface area contributed by atoms with Crippen molar-refractivity contribution in [3.05, 3.63) is 0 Å². The number of carboxylic acid groups (broad SMARTS) is 1. The van der Waals surface area contributed by atoms with Crippen LogP contribution in [0.5, 0.6) is 0 Å². The molecule has 5 heteroatoms. The molecule has 2 aliphatic heterocycles. The zero-order valence-electron chi connectivity index (χ0n) is 11.8. The SMILES string of the molecule is O=C(O)[C@@H]1C[C@@H]2CCCC[C@H]2N1C(=O)[C@H]1CCCOC1. The van der Waals surface area contributed by atoms with E-state index in [4.69, 9.17) is 4.74 Å². The molecule has 4 atom stereocenters. The highest BCUT2D eigenvalue weighted by atomic mass is 16.5. The Bertz CT molecular complexity index is 391. The minimum atomic E-state index is -0.843. The van der Waals surface area contributed by atoms with Gasteiger partial charge in [-0.3, -0.25) is 4.79 Å². The molecule has 0 spiro atoms. The van der Waals surface area contributed by atoms with Gasteiger partial charge in [-0.2, -0.15) is 0 Å². The zero-order chi connectivity index (χ0) is 14.1. The van der Waals surface area contributed by atoms with Crippen molar-refractivity contribution in [2.24, 2.45) is 11.8 Å². The Kier molecular flexibility index (Phi) is 3.96. The number of fused-ring (bicyclic) bond motifs is 1. The number of rotatable bonds is 2.